The highest BCUT2D eigenvalue weighted by molar-refractivity contribution is 5.92. The first kappa shape index (κ1) is 17.6. The van der Waals surface area contributed by atoms with Gasteiger partial charge in [-0.3, -0.25) is 4.79 Å². The van der Waals surface area contributed by atoms with Crippen molar-refractivity contribution < 1.29 is 22.7 Å². The number of likely N-dealkylation sites (tertiary alicyclic amines) is 1. The SMILES string of the molecule is Cc1ccoc1C(=O)N1CCC(F)(F)C(COCc2ccccc2)C1. The number of piperidine rings is 1. The number of rotatable bonds is 5. The number of furan rings is 1. The molecule has 6 heteroatoms. The van der Waals surface area contributed by atoms with Gasteiger partial charge in [-0.25, -0.2) is 8.78 Å². The van der Waals surface area contributed by atoms with Crippen LogP contribution in [0.1, 0.15) is 28.1 Å². The topological polar surface area (TPSA) is 42.7 Å². The zero-order valence-electron chi connectivity index (χ0n) is 14.1. The summed E-state index contributed by atoms with van der Waals surface area (Å²) in [5, 5.41) is 0. The van der Waals surface area contributed by atoms with Crippen molar-refractivity contribution in [3.63, 3.8) is 0 Å². The van der Waals surface area contributed by atoms with Crippen molar-refractivity contribution in [1.29, 1.82) is 0 Å². The number of carbonyl (C=O) groups is 1. The second kappa shape index (κ2) is 7.35. The second-order valence-corrected chi connectivity index (χ2v) is 6.39. The molecule has 2 aromatic rings. The van der Waals surface area contributed by atoms with E-state index in [1.165, 1.54) is 11.2 Å². The number of amides is 1. The van der Waals surface area contributed by atoms with Crippen LogP contribution in [-0.4, -0.2) is 36.4 Å². The number of carbonyl (C=O) groups excluding carboxylic acids is 1. The molecule has 0 aliphatic carbocycles. The number of ether oxygens (including phenoxy) is 1. The van der Waals surface area contributed by atoms with E-state index in [1.54, 1.807) is 13.0 Å². The van der Waals surface area contributed by atoms with Crippen LogP contribution in [0.2, 0.25) is 0 Å². The summed E-state index contributed by atoms with van der Waals surface area (Å²) in [6.07, 6.45) is 1.07. The molecule has 0 spiro atoms. The van der Waals surface area contributed by atoms with Crippen LogP contribution in [0.15, 0.2) is 47.1 Å². The molecular formula is C19H21F2NO3. The smallest absolute Gasteiger partial charge is 0.289 e. The number of benzene rings is 1. The Morgan fingerprint density at radius 3 is 2.76 bits per heavy atom. The van der Waals surface area contributed by atoms with Gasteiger partial charge in [0.2, 0.25) is 0 Å². The molecule has 1 saturated heterocycles. The third-order valence-corrected chi connectivity index (χ3v) is 4.53. The van der Waals surface area contributed by atoms with Gasteiger partial charge in [0.25, 0.3) is 11.8 Å². The lowest BCUT2D eigenvalue weighted by atomic mass is 9.94. The van der Waals surface area contributed by atoms with Crippen molar-refractivity contribution in [2.24, 2.45) is 5.92 Å². The predicted molar refractivity (Wildman–Crippen MR) is 88.5 cm³/mol. The molecule has 4 nitrogen and oxygen atoms in total. The maximum atomic E-state index is 14.2. The first-order chi connectivity index (χ1) is 12.0. The average Bonchev–Trinajstić information content (AvgIpc) is 3.02. The molecule has 134 valence electrons. The molecule has 1 aliphatic heterocycles. The number of alkyl halides is 2. The summed E-state index contributed by atoms with van der Waals surface area (Å²) in [6.45, 7) is 1.92. The Labute approximate surface area is 145 Å². The van der Waals surface area contributed by atoms with Gasteiger partial charge in [-0.1, -0.05) is 30.3 Å². The van der Waals surface area contributed by atoms with Crippen LogP contribution in [0.5, 0.6) is 0 Å². The van der Waals surface area contributed by atoms with Gasteiger partial charge in [-0.15, -0.1) is 0 Å². The monoisotopic (exact) mass is 349 g/mol. The third kappa shape index (κ3) is 4.07. The van der Waals surface area contributed by atoms with Crippen LogP contribution < -0.4 is 0 Å². The number of hydrogen-bond donors (Lipinski definition) is 0. The first-order valence-electron chi connectivity index (χ1n) is 8.30. The largest absolute Gasteiger partial charge is 0.459 e. The molecule has 1 atom stereocenters. The number of nitrogens with zero attached hydrogens (tertiary/aromatic N) is 1. The van der Waals surface area contributed by atoms with Crippen molar-refractivity contribution in [1.82, 2.24) is 4.90 Å². The predicted octanol–water partition coefficient (Wildman–Crippen LogP) is 3.90. The fourth-order valence-electron chi connectivity index (χ4n) is 2.97. The van der Waals surface area contributed by atoms with E-state index < -0.39 is 11.8 Å². The van der Waals surface area contributed by atoms with Crippen LogP contribution >= 0.6 is 0 Å². The molecule has 0 bridgehead atoms. The van der Waals surface area contributed by atoms with E-state index in [4.69, 9.17) is 9.15 Å². The zero-order valence-corrected chi connectivity index (χ0v) is 14.1. The van der Waals surface area contributed by atoms with E-state index in [1.807, 2.05) is 30.3 Å². The minimum Gasteiger partial charge on any atom is -0.459 e. The summed E-state index contributed by atoms with van der Waals surface area (Å²) in [4.78, 5) is 13.9. The summed E-state index contributed by atoms with van der Waals surface area (Å²) >= 11 is 0. The molecular weight excluding hydrogens is 328 g/mol. The average molecular weight is 349 g/mol. The Balaban J connectivity index is 1.61. The molecule has 1 fully saturated rings. The van der Waals surface area contributed by atoms with Crippen molar-refractivity contribution in [3.8, 4) is 0 Å². The van der Waals surface area contributed by atoms with Gasteiger partial charge < -0.3 is 14.1 Å². The van der Waals surface area contributed by atoms with Gasteiger partial charge in [0, 0.05) is 25.1 Å². The van der Waals surface area contributed by atoms with Crippen LogP contribution in [0.4, 0.5) is 8.78 Å². The minimum atomic E-state index is -2.84. The molecule has 1 aliphatic rings. The summed E-state index contributed by atoms with van der Waals surface area (Å²) in [5.41, 5.74) is 1.64. The maximum Gasteiger partial charge on any atom is 0.289 e. The highest BCUT2D eigenvalue weighted by Gasteiger charge is 2.45. The molecule has 2 heterocycles. The van der Waals surface area contributed by atoms with Crippen LogP contribution in [-0.2, 0) is 11.3 Å². The van der Waals surface area contributed by atoms with E-state index in [0.717, 1.165) is 5.56 Å². The highest BCUT2D eigenvalue weighted by atomic mass is 19.3. The Bertz CT molecular complexity index is 714. The summed E-state index contributed by atoms with van der Waals surface area (Å²) in [6, 6.07) is 11.1. The van der Waals surface area contributed by atoms with E-state index in [2.05, 4.69) is 0 Å². The fraction of sp³-hybridized carbons (Fsp3) is 0.421. The molecule has 1 amide bonds. The number of hydrogen-bond acceptors (Lipinski definition) is 3. The van der Waals surface area contributed by atoms with Gasteiger partial charge in [-0.2, -0.15) is 0 Å². The summed E-state index contributed by atoms with van der Waals surface area (Å²) in [7, 11) is 0. The van der Waals surface area contributed by atoms with Crippen LogP contribution in [0.3, 0.4) is 0 Å². The van der Waals surface area contributed by atoms with E-state index in [9.17, 15) is 13.6 Å². The molecule has 1 unspecified atom stereocenters. The lowest BCUT2D eigenvalue weighted by Crippen LogP contribution is -2.50. The minimum absolute atomic E-state index is 0.0150. The first-order valence-corrected chi connectivity index (χ1v) is 8.30. The molecule has 25 heavy (non-hydrogen) atoms. The molecule has 0 N–H and O–H groups in total. The van der Waals surface area contributed by atoms with Crippen molar-refractivity contribution in [2.75, 3.05) is 19.7 Å². The Morgan fingerprint density at radius 2 is 2.08 bits per heavy atom. The molecule has 1 aromatic heterocycles. The van der Waals surface area contributed by atoms with Gasteiger partial charge in [0.1, 0.15) is 0 Å². The van der Waals surface area contributed by atoms with Gasteiger partial charge in [0.05, 0.1) is 25.4 Å². The summed E-state index contributed by atoms with van der Waals surface area (Å²) in [5.74, 6) is -3.99. The Kier molecular flexibility index (Phi) is 5.18. The lowest BCUT2D eigenvalue weighted by molar-refractivity contribution is -0.124. The highest BCUT2D eigenvalue weighted by Crippen LogP contribution is 2.34. The second-order valence-electron chi connectivity index (χ2n) is 6.39. The van der Waals surface area contributed by atoms with E-state index in [0.29, 0.717) is 5.56 Å². The Morgan fingerprint density at radius 1 is 1.32 bits per heavy atom. The summed E-state index contributed by atoms with van der Waals surface area (Å²) < 4.78 is 39.1. The molecule has 3 rings (SSSR count). The molecule has 0 radical (unpaired) electrons. The van der Waals surface area contributed by atoms with Gasteiger partial charge >= 0.3 is 0 Å². The molecule has 1 aromatic carbocycles. The Hall–Kier alpha value is -2.21. The van der Waals surface area contributed by atoms with Crippen molar-refractivity contribution >= 4 is 5.91 Å². The van der Waals surface area contributed by atoms with Crippen LogP contribution in [0, 0.1) is 12.8 Å². The quantitative estimate of drug-likeness (QED) is 0.822. The van der Waals surface area contributed by atoms with Crippen molar-refractivity contribution in [2.45, 2.75) is 25.9 Å². The van der Waals surface area contributed by atoms with E-state index >= 15 is 0 Å². The normalized spacial score (nSPS) is 19.8. The maximum absolute atomic E-state index is 14.2. The van der Waals surface area contributed by atoms with Gasteiger partial charge in [-0.05, 0) is 18.6 Å². The van der Waals surface area contributed by atoms with Crippen molar-refractivity contribution in [3.05, 3.63) is 59.5 Å². The van der Waals surface area contributed by atoms with Crippen LogP contribution in [0.25, 0.3) is 0 Å². The van der Waals surface area contributed by atoms with Gasteiger partial charge in [0.15, 0.2) is 5.76 Å². The lowest BCUT2D eigenvalue weighted by Gasteiger charge is -2.38. The third-order valence-electron chi connectivity index (χ3n) is 4.53. The standard InChI is InChI=1S/C19H21F2NO3/c1-14-7-10-25-17(14)18(23)22-9-8-19(20,21)16(11-22)13-24-12-15-5-3-2-4-6-15/h2-7,10,16H,8-9,11-13H2,1H3. The number of aryl methyl sites for hydroxylation is 1. The molecule has 0 saturated carbocycles. The zero-order chi connectivity index (χ0) is 17.9. The number of halogens is 2. The fourth-order valence-corrected chi connectivity index (χ4v) is 2.97. The van der Waals surface area contributed by atoms with E-state index in [-0.39, 0.29) is 44.4 Å².